The number of halogens is 3. The summed E-state index contributed by atoms with van der Waals surface area (Å²) in [5, 5.41) is 5.45. The highest BCUT2D eigenvalue weighted by Gasteiger charge is 2.45. The predicted molar refractivity (Wildman–Crippen MR) is 210 cm³/mol. The van der Waals surface area contributed by atoms with E-state index < -0.39 is 42.6 Å². The van der Waals surface area contributed by atoms with Crippen LogP contribution in [0.1, 0.15) is 95.8 Å². The quantitative estimate of drug-likeness (QED) is 0.125. The van der Waals surface area contributed by atoms with Crippen molar-refractivity contribution in [3.05, 3.63) is 81.5 Å². The van der Waals surface area contributed by atoms with E-state index in [-0.39, 0.29) is 47.9 Å². The molecule has 3 aliphatic heterocycles. The molecule has 3 aliphatic rings. The number of hydrogen-bond acceptors (Lipinski definition) is 9. The zero-order chi connectivity index (χ0) is 42.0. The highest BCUT2D eigenvalue weighted by Crippen LogP contribution is 2.34. The van der Waals surface area contributed by atoms with Crippen LogP contribution >= 0.6 is 0 Å². The highest BCUT2D eigenvalue weighted by molar-refractivity contribution is 6.25. The molecule has 5 amide bonds. The number of carbonyl (C=O) groups is 5. The fraction of sp³-hybridized carbons (Fsp3) is 0.452. The minimum absolute atomic E-state index is 0.0449. The lowest BCUT2D eigenvalue weighted by atomic mass is 9.95. The van der Waals surface area contributed by atoms with Gasteiger partial charge in [0.2, 0.25) is 17.7 Å². The molecule has 1 atom stereocenters. The van der Waals surface area contributed by atoms with Gasteiger partial charge in [-0.25, -0.2) is 4.98 Å². The fourth-order valence-corrected chi connectivity index (χ4v) is 8.34. The highest BCUT2D eigenvalue weighted by atomic mass is 19.4. The maximum atomic E-state index is 13.3. The molecule has 0 bridgehead atoms. The molecule has 312 valence electrons. The molecule has 2 saturated heterocycles. The number of alkyl halides is 3. The molecule has 2 fully saturated rings. The number of likely N-dealkylation sites (tertiary alicyclic amines) is 1. The summed E-state index contributed by atoms with van der Waals surface area (Å²) < 4.78 is 46.4. The molecule has 2 aromatic heterocycles. The largest absolute Gasteiger partial charge is 0.522 e. The van der Waals surface area contributed by atoms with Gasteiger partial charge in [0.1, 0.15) is 11.9 Å². The summed E-state index contributed by atoms with van der Waals surface area (Å²) in [4.78, 5) is 83.6. The maximum absolute atomic E-state index is 13.3. The van der Waals surface area contributed by atoms with Gasteiger partial charge < -0.3 is 19.4 Å². The van der Waals surface area contributed by atoms with E-state index in [4.69, 9.17) is 4.98 Å². The first-order chi connectivity index (χ1) is 28.2. The van der Waals surface area contributed by atoms with Crippen LogP contribution in [0.2, 0.25) is 0 Å². The topological polar surface area (TPSA) is 165 Å². The molecule has 4 aromatic rings. The fourth-order valence-electron chi connectivity index (χ4n) is 8.34. The molecule has 2 N–H and O–H groups in total. The molecular weight excluding hydrogens is 771 g/mol. The Morgan fingerprint density at radius 2 is 1.71 bits per heavy atom. The number of unbranched alkanes of at least 4 members (excludes halogenated alkanes) is 3. The van der Waals surface area contributed by atoms with Crippen molar-refractivity contribution in [1.82, 2.24) is 29.2 Å². The van der Waals surface area contributed by atoms with E-state index in [1.165, 1.54) is 4.57 Å². The van der Waals surface area contributed by atoms with Crippen LogP contribution in [0.4, 0.5) is 18.9 Å². The minimum atomic E-state index is -4.77. The van der Waals surface area contributed by atoms with E-state index in [0.29, 0.717) is 73.4 Å². The van der Waals surface area contributed by atoms with Gasteiger partial charge in [-0.2, -0.15) is 0 Å². The van der Waals surface area contributed by atoms with Crippen LogP contribution in [0.25, 0.3) is 22.2 Å². The van der Waals surface area contributed by atoms with Gasteiger partial charge >= 0.3 is 6.36 Å². The number of rotatable bonds is 14. The first kappa shape index (κ1) is 41.3. The summed E-state index contributed by atoms with van der Waals surface area (Å²) in [6.07, 6.45) is 1.76. The second-order valence-electron chi connectivity index (χ2n) is 15.4. The van der Waals surface area contributed by atoms with Crippen molar-refractivity contribution >= 4 is 46.3 Å². The van der Waals surface area contributed by atoms with Crippen LogP contribution in [0.3, 0.4) is 0 Å². The Morgan fingerprint density at radius 3 is 2.44 bits per heavy atom. The number of carbonyl (C=O) groups excluding carboxylic acids is 5. The Bertz CT molecular complexity index is 2340. The summed E-state index contributed by atoms with van der Waals surface area (Å²) in [5.41, 5.74) is 4.28. The van der Waals surface area contributed by atoms with Crippen LogP contribution in [-0.4, -0.2) is 92.1 Å². The number of fused-ring (bicyclic) bond motifs is 2. The summed E-state index contributed by atoms with van der Waals surface area (Å²) in [7, 11) is 1.67. The summed E-state index contributed by atoms with van der Waals surface area (Å²) in [5.74, 6) is -1.59. The van der Waals surface area contributed by atoms with Gasteiger partial charge in [-0.15, -0.1) is 13.2 Å². The minimum Gasteiger partial charge on any atom is -0.384 e. The molecule has 59 heavy (non-hydrogen) atoms. The van der Waals surface area contributed by atoms with Gasteiger partial charge in [-0.05, 0) is 80.5 Å². The molecule has 5 heterocycles. The molecule has 0 radical (unpaired) electrons. The molecule has 0 saturated carbocycles. The number of nitrogens with zero attached hydrogens (tertiary/aromatic N) is 5. The summed E-state index contributed by atoms with van der Waals surface area (Å²) in [6.45, 7) is 2.61. The van der Waals surface area contributed by atoms with Gasteiger partial charge in [0, 0.05) is 69.4 Å². The van der Waals surface area contributed by atoms with Crippen molar-refractivity contribution in [3.8, 4) is 11.1 Å². The number of aromatic nitrogens is 3. The van der Waals surface area contributed by atoms with Crippen LogP contribution < -0.4 is 16.2 Å². The third-order valence-electron chi connectivity index (χ3n) is 11.4. The lowest BCUT2D eigenvalue weighted by molar-refractivity contribution is -0.325. The van der Waals surface area contributed by atoms with Gasteiger partial charge in [0.05, 0.1) is 28.8 Å². The third-order valence-corrected chi connectivity index (χ3v) is 11.4. The molecule has 0 spiro atoms. The van der Waals surface area contributed by atoms with E-state index in [1.54, 1.807) is 49.0 Å². The van der Waals surface area contributed by atoms with Crippen molar-refractivity contribution in [2.24, 2.45) is 7.05 Å². The average Bonchev–Trinajstić information content (AvgIpc) is 3.69. The van der Waals surface area contributed by atoms with Gasteiger partial charge in [0.15, 0.2) is 0 Å². The zero-order valence-corrected chi connectivity index (χ0v) is 32.9. The normalized spacial score (nSPS) is 17.5. The zero-order valence-electron chi connectivity index (χ0n) is 32.9. The van der Waals surface area contributed by atoms with E-state index in [0.717, 1.165) is 35.3 Å². The van der Waals surface area contributed by atoms with E-state index in [2.05, 4.69) is 15.4 Å². The average molecular weight is 818 g/mol. The lowest BCUT2D eigenvalue weighted by Gasteiger charge is -2.32. The van der Waals surface area contributed by atoms with E-state index >= 15 is 0 Å². The maximum Gasteiger partial charge on any atom is 0.522 e. The standard InChI is InChI=1S/C42H46F3N7O7/c1-25-22-28(24-49(2)39(25)56)27-11-12-30-33(23-27)51(20-21-59-42(43,44)45)37(47-30)26-15-18-50(19-16-26)35(54)10-5-3-4-6-17-46-31-9-7-8-29-36(31)41(58)52(40(29)57)32-13-14-34(53)48-38(32)55/h7-9,11-12,22-24,26,32,46H,3-6,10,13-21H2,1-2H3,(H,48,53,55). The van der Waals surface area contributed by atoms with Crippen molar-refractivity contribution in [2.75, 3.05) is 31.6 Å². The number of imidazole rings is 1. The lowest BCUT2D eigenvalue weighted by Crippen LogP contribution is -2.54. The number of piperidine rings is 2. The molecule has 14 nitrogen and oxygen atoms in total. The van der Waals surface area contributed by atoms with Gasteiger partial charge in [0.25, 0.3) is 17.4 Å². The Labute approximate surface area is 337 Å². The molecular formula is C42H46F3N7O7. The molecule has 1 unspecified atom stereocenters. The predicted octanol–water partition coefficient (Wildman–Crippen LogP) is 5.42. The van der Waals surface area contributed by atoms with Crippen molar-refractivity contribution in [2.45, 2.75) is 89.6 Å². The number of imide groups is 2. The van der Waals surface area contributed by atoms with Crippen LogP contribution in [-0.2, 0) is 32.7 Å². The Morgan fingerprint density at radius 1 is 0.949 bits per heavy atom. The second kappa shape index (κ2) is 17.2. The number of amides is 5. The SMILES string of the molecule is Cc1cc(-c2ccc3nc(C4CCN(C(=O)CCCCCCNc5cccc6c5C(=O)N(C5CCC(=O)NC5=O)C6=O)CC4)n(CCOC(F)(F)F)c3c2)cn(C)c1=O. The summed E-state index contributed by atoms with van der Waals surface area (Å²) in [6, 6.07) is 11.3. The Hall–Kier alpha value is -5.84. The number of ether oxygens (including phenoxy) is 1. The molecule has 2 aromatic carbocycles. The van der Waals surface area contributed by atoms with Crippen LogP contribution in [0.5, 0.6) is 0 Å². The number of pyridine rings is 1. The molecule has 17 heteroatoms. The smallest absolute Gasteiger partial charge is 0.384 e. The van der Waals surface area contributed by atoms with E-state index in [9.17, 15) is 41.9 Å². The first-order valence-corrected chi connectivity index (χ1v) is 19.9. The number of benzene rings is 2. The van der Waals surface area contributed by atoms with Crippen molar-refractivity contribution < 1.29 is 41.9 Å². The van der Waals surface area contributed by atoms with Crippen LogP contribution in [0, 0.1) is 6.92 Å². The second-order valence-corrected chi connectivity index (χ2v) is 15.4. The van der Waals surface area contributed by atoms with E-state index in [1.807, 2.05) is 23.1 Å². The first-order valence-electron chi connectivity index (χ1n) is 19.9. The number of nitrogens with one attached hydrogen (secondary N) is 2. The number of hydrogen-bond donors (Lipinski definition) is 2. The monoisotopic (exact) mass is 817 g/mol. The summed E-state index contributed by atoms with van der Waals surface area (Å²) >= 11 is 0. The Kier molecular flexibility index (Phi) is 12.0. The van der Waals surface area contributed by atoms with Gasteiger partial charge in [-0.1, -0.05) is 25.0 Å². The number of aryl methyl sites for hydroxylation is 2. The van der Waals surface area contributed by atoms with Crippen molar-refractivity contribution in [3.63, 3.8) is 0 Å². The number of anilines is 1. The Balaban J connectivity index is 0.895. The van der Waals surface area contributed by atoms with Gasteiger partial charge in [-0.3, -0.25) is 43.7 Å². The van der Waals surface area contributed by atoms with Crippen LogP contribution in [0.15, 0.2) is 53.5 Å². The molecule has 0 aliphatic carbocycles. The van der Waals surface area contributed by atoms with Crippen molar-refractivity contribution in [1.29, 1.82) is 0 Å². The third kappa shape index (κ3) is 8.94. The molecule has 7 rings (SSSR count).